The second kappa shape index (κ2) is 3.51. The number of hydrogen-bond donors (Lipinski definition) is 1. The summed E-state index contributed by atoms with van der Waals surface area (Å²) in [6, 6.07) is 6.90. The van der Waals surface area contributed by atoms with Gasteiger partial charge in [0.25, 0.3) is 0 Å². The van der Waals surface area contributed by atoms with Crippen molar-refractivity contribution in [2.45, 2.75) is 32.2 Å². The monoisotopic (exact) mass is 216 g/mol. The summed E-state index contributed by atoms with van der Waals surface area (Å²) in [5, 5.41) is 3.02. The molecule has 0 atom stereocenters. The molecule has 1 saturated carbocycles. The van der Waals surface area contributed by atoms with Crippen molar-refractivity contribution < 1.29 is 4.79 Å². The summed E-state index contributed by atoms with van der Waals surface area (Å²) < 4.78 is 0. The van der Waals surface area contributed by atoms with E-state index in [1.807, 2.05) is 0 Å². The molecule has 16 heavy (non-hydrogen) atoms. The van der Waals surface area contributed by atoms with Crippen molar-refractivity contribution in [1.29, 1.82) is 0 Å². The summed E-state index contributed by atoms with van der Waals surface area (Å²) in [6.07, 6.45) is 3.13. The number of carbonyl (C=O) groups excluding carboxylic acids is 1. The number of fused-ring (bicyclic) bond motifs is 1. The first-order valence-corrected chi connectivity index (χ1v) is 5.92. The van der Waals surface area contributed by atoms with Crippen molar-refractivity contribution in [2.75, 3.05) is 16.8 Å². The van der Waals surface area contributed by atoms with Gasteiger partial charge in [-0.25, -0.2) is 0 Å². The fourth-order valence-corrected chi connectivity index (χ4v) is 2.36. The highest BCUT2D eigenvalue weighted by atomic mass is 16.1. The minimum absolute atomic E-state index is 0.138. The van der Waals surface area contributed by atoms with Crippen LogP contribution in [0.5, 0.6) is 0 Å². The molecule has 1 aromatic carbocycles. The number of para-hydroxylation sites is 1. The van der Waals surface area contributed by atoms with Crippen LogP contribution in [0.2, 0.25) is 0 Å². The van der Waals surface area contributed by atoms with Crippen molar-refractivity contribution in [3.63, 3.8) is 0 Å². The Balaban J connectivity index is 2.07. The lowest BCUT2D eigenvalue weighted by Crippen LogP contribution is -2.26. The van der Waals surface area contributed by atoms with E-state index < -0.39 is 0 Å². The zero-order valence-electron chi connectivity index (χ0n) is 9.49. The Bertz CT molecular complexity index is 438. The van der Waals surface area contributed by atoms with Crippen LogP contribution in [-0.4, -0.2) is 18.5 Å². The molecule has 3 nitrogen and oxygen atoms in total. The van der Waals surface area contributed by atoms with Crippen LogP contribution in [0.15, 0.2) is 18.2 Å². The van der Waals surface area contributed by atoms with Crippen LogP contribution in [0.3, 0.4) is 0 Å². The maximum Gasteiger partial charge on any atom is 0.226 e. The number of anilines is 2. The van der Waals surface area contributed by atoms with E-state index in [2.05, 4.69) is 35.3 Å². The van der Waals surface area contributed by atoms with E-state index in [0.29, 0.717) is 12.5 Å². The quantitative estimate of drug-likeness (QED) is 0.781. The number of carbonyl (C=O) groups is 1. The largest absolute Gasteiger partial charge is 0.366 e. The topological polar surface area (TPSA) is 32.3 Å². The van der Waals surface area contributed by atoms with Crippen molar-refractivity contribution in [3.05, 3.63) is 23.8 Å². The first kappa shape index (κ1) is 9.70. The van der Waals surface area contributed by atoms with Crippen LogP contribution in [0.1, 0.15) is 24.8 Å². The summed E-state index contributed by atoms with van der Waals surface area (Å²) in [4.78, 5) is 14.0. The first-order valence-electron chi connectivity index (χ1n) is 5.92. The highest BCUT2D eigenvalue weighted by molar-refractivity contribution is 5.97. The Labute approximate surface area is 95.4 Å². The van der Waals surface area contributed by atoms with Gasteiger partial charge in [-0.1, -0.05) is 12.1 Å². The van der Waals surface area contributed by atoms with Gasteiger partial charge >= 0.3 is 0 Å². The van der Waals surface area contributed by atoms with Gasteiger partial charge < -0.3 is 10.2 Å². The molecule has 1 aromatic rings. The zero-order chi connectivity index (χ0) is 11.1. The third-order valence-electron chi connectivity index (χ3n) is 3.39. The van der Waals surface area contributed by atoms with Crippen LogP contribution in [-0.2, 0) is 4.79 Å². The predicted octanol–water partition coefficient (Wildman–Crippen LogP) is 2.31. The molecule has 0 unspecified atom stereocenters. The normalized spacial score (nSPS) is 20.1. The SMILES string of the molecule is Cc1cccc2c1NC(=O)CCN2C1CC1. The molecule has 1 aliphatic carbocycles. The number of benzene rings is 1. The average Bonchev–Trinajstić information content (AvgIpc) is 3.05. The molecule has 1 heterocycles. The van der Waals surface area contributed by atoms with E-state index in [-0.39, 0.29) is 5.91 Å². The number of amides is 1. The van der Waals surface area contributed by atoms with Gasteiger partial charge in [0.2, 0.25) is 5.91 Å². The Morgan fingerprint density at radius 3 is 2.94 bits per heavy atom. The molecule has 0 radical (unpaired) electrons. The van der Waals surface area contributed by atoms with E-state index in [1.165, 1.54) is 18.5 Å². The van der Waals surface area contributed by atoms with Crippen LogP contribution in [0, 0.1) is 6.92 Å². The lowest BCUT2D eigenvalue weighted by atomic mass is 10.1. The summed E-state index contributed by atoms with van der Waals surface area (Å²) in [6.45, 7) is 2.91. The van der Waals surface area contributed by atoms with Gasteiger partial charge in [-0.3, -0.25) is 4.79 Å². The van der Waals surface area contributed by atoms with E-state index >= 15 is 0 Å². The molecule has 0 aromatic heterocycles. The molecule has 3 rings (SSSR count). The van der Waals surface area contributed by atoms with Gasteiger partial charge in [-0.15, -0.1) is 0 Å². The van der Waals surface area contributed by atoms with Gasteiger partial charge in [0.1, 0.15) is 0 Å². The van der Waals surface area contributed by atoms with Crippen molar-refractivity contribution in [3.8, 4) is 0 Å². The van der Waals surface area contributed by atoms with E-state index in [9.17, 15) is 4.79 Å². The second-order valence-electron chi connectivity index (χ2n) is 4.69. The summed E-state index contributed by atoms with van der Waals surface area (Å²) >= 11 is 0. The lowest BCUT2D eigenvalue weighted by Gasteiger charge is -2.24. The number of nitrogens with zero attached hydrogens (tertiary/aromatic N) is 1. The number of rotatable bonds is 1. The fourth-order valence-electron chi connectivity index (χ4n) is 2.36. The third kappa shape index (κ3) is 1.56. The molecule has 0 spiro atoms. The zero-order valence-corrected chi connectivity index (χ0v) is 9.49. The van der Waals surface area contributed by atoms with Crippen molar-refractivity contribution in [1.82, 2.24) is 0 Å². The van der Waals surface area contributed by atoms with Crippen molar-refractivity contribution >= 4 is 17.3 Å². The highest BCUT2D eigenvalue weighted by Crippen LogP contribution is 2.38. The molecule has 1 N–H and O–H groups in total. The molecule has 1 amide bonds. The Hall–Kier alpha value is -1.51. The first-order chi connectivity index (χ1) is 7.75. The Morgan fingerprint density at radius 2 is 2.19 bits per heavy atom. The summed E-state index contributed by atoms with van der Waals surface area (Å²) in [5.41, 5.74) is 3.36. The minimum Gasteiger partial charge on any atom is -0.366 e. The number of nitrogens with one attached hydrogen (secondary N) is 1. The maximum atomic E-state index is 11.6. The molecule has 1 fully saturated rings. The standard InChI is InChI=1S/C13H16N2O/c1-9-3-2-4-11-13(9)14-12(16)7-8-15(11)10-5-6-10/h2-4,10H,5-8H2,1H3,(H,14,16). The molecule has 0 saturated heterocycles. The summed E-state index contributed by atoms with van der Waals surface area (Å²) in [5.74, 6) is 0.138. The number of aryl methyl sites for hydroxylation is 1. The lowest BCUT2D eigenvalue weighted by molar-refractivity contribution is -0.115. The van der Waals surface area contributed by atoms with Crippen molar-refractivity contribution in [2.24, 2.45) is 0 Å². The summed E-state index contributed by atoms with van der Waals surface area (Å²) in [7, 11) is 0. The van der Waals surface area contributed by atoms with E-state index in [4.69, 9.17) is 0 Å². The predicted molar refractivity (Wildman–Crippen MR) is 64.8 cm³/mol. The minimum atomic E-state index is 0.138. The third-order valence-corrected chi connectivity index (χ3v) is 3.39. The molecular formula is C13H16N2O. The molecule has 3 heteroatoms. The maximum absolute atomic E-state index is 11.6. The molecule has 2 aliphatic rings. The molecular weight excluding hydrogens is 200 g/mol. The van der Waals surface area contributed by atoms with Gasteiger partial charge in [-0.05, 0) is 31.4 Å². The molecule has 0 bridgehead atoms. The average molecular weight is 216 g/mol. The van der Waals surface area contributed by atoms with Crippen LogP contribution in [0.4, 0.5) is 11.4 Å². The molecule has 1 aliphatic heterocycles. The highest BCUT2D eigenvalue weighted by Gasteiger charge is 2.32. The van der Waals surface area contributed by atoms with Gasteiger partial charge in [0, 0.05) is 19.0 Å². The second-order valence-corrected chi connectivity index (χ2v) is 4.69. The van der Waals surface area contributed by atoms with Crippen LogP contribution in [0.25, 0.3) is 0 Å². The Morgan fingerprint density at radius 1 is 1.38 bits per heavy atom. The van der Waals surface area contributed by atoms with Crippen LogP contribution < -0.4 is 10.2 Å². The smallest absolute Gasteiger partial charge is 0.226 e. The van der Waals surface area contributed by atoms with E-state index in [1.54, 1.807) is 0 Å². The fraction of sp³-hybridized carbons (Fsp3) is 0.462. The van der Waals surface area contributed by atoms with Gasteiger partial charge in [0.15, 0.2) is 0 Å². The number of hydrogen-bond acceptors (Lipinski definition) is 2. The van der Waals surface area contributed by atoms with Gasteiger partial charge in [-0.2, -0.15) is 0 Å². The Kier molecular flexibility index (Phi) is 2.13. The van der Waals surface area contributed by atoms with E-state index in [0.717, 1.165) is 17.8 Å². The van der Waals surface area contributed by atoms with Crippen LogP contribution >= 0.6 is 0 Å². The molecule has 84 valence electrons. The van der Waals surface area contributed by atoms with Gasteiger partial charge in [0.05, 0.1) is 11.4 Å².